The minimum absolute atomic E-state index is 0.134. The normalized spacial score (nSPS) is 14.9. The summed E-state index contributed by atoms with van der Waals surface area (Å²) in [6.45, 7) is 2.29. The fraction of sp³-hybridized carbons (Fsp3) is 0.333. The van der Waals surface area contributed by atoms with Gasteiger partial charge in [-0.1, -0.05) is 41.9 Å². The third-order valence-corrected chi connectivity index (χ3v) is 11.6. The van der Waals surface area contributed by atoms with E-state index in [1.54, 1.807) is 36.4 Å². The zero-order valence-corrected chi connectivity index (χ0v) is 37.7. The number of ether oxygens (including phenoxy) is 5. The first kappa shape index (κ1) is 48.5. The second kappa shape index (κ2) is 22.0. The molecule has 1 fully saturated rings. The zero-order valence-electron chi connectivity index (χ0n) is 37.0. The molecule has 0 aliphatic carbocycles. The van der Waals surface area contributed by atoms with Crippen LogP contribution in [-0.2, 0) is 54.2 Å². The molecule has 69 heavy (non-hydrogen) atoms. The average Bonchev–Trinajstić information content (AvgIpc) is 4.01. The van der Waals surface area contributed by atoms with Crippen LogP contribution in [0.1, 0.15) is 45.5 Å². The molecular formula is C48H47ClF3N7O10. The Kier molecular flexibility index (Phi) is 15.4. The molecule has 21 heteroatoms. The van der Waals surface area contributed by atoms with Crippen molar-refractivity contribution < 1.29 is 61.1 Å². The number of imidazole rings is 1. The molecule has 4 amide bonds. The molecule has 1 unspecified atom stereocenters. The summed E-state index contributed by atoms with van der Waals surface area (Å²) in [5, 5.41) is 21.5. The Hall–Kier alpha value is -7.00. The van der Waals surface area contributed by atoms with Gasteiger partial charge in [-0.25, -0.2) is 4.98 Å². The molecule has 4 N–H and O–H groups in total. The van der Waals surface area contributed by atoms with Crippen LogP contribution < -0.4 is 20.1 Å². The first-order valence-electron chi connectivity index (χ1n) is 22.1. The van der Waals surface area contributed by atoms with Crippen LogP contribution in [0.25, 0.3) is 28.2 Å². The second-order valence-electron chi connectivity index (χ2n) is 16.0. The van der Waals surface area contributed by atoms with Gasteiger partial charge in [-0.3, -0.25) is 24.5 Å². The number of alkyl halides is 3. The van der Waals surface area contributed by atoms with Crippen molar-refractivity contribution in [2.75, 3.05) is 59.4 Å². The van der Waals surface area contributed by atoms with Gasteiger partial charge in [0.15, 0.2) is 6.61 Å². The van der Waals surface area contributed by atoms with Crippen LogP contribution in [0, 0.1) is 0 Å². The molecule has 0 spiro atoms. The zero-order chi connectivity index (χ0) is 48.5. The maximum absolute atomic E-state index is 13.3. The molecule has 17 nitrogen and oxygen atoms in total. The van der Waals surface area contributed by atoms with E-state index >= 15 is 0 Å². The number of nitrogens with zero attached hydrogens (tertiary/aromatic N) is 4. The Bertz CT molecular complexity index is 2800. The van der Waals surface area contributed by atoms with Gasteiger partial charge >= 0.3 is 6.18 Å². The quantitative estimate of drug-likeness (QED) is 0.0459. The van der Waals surface area contributed by atoms with E-state index < -0.39 is 23.7 Å². The summed E-state index contributed by atoms with van der Waals surface area (Å²) in [5.41, 5.74) is 3.47. The molecule has 2 aliphatic rings. The Morgan fingerprint density at radius 3 is 2.32 bits per heavy atom. The number of piperidine rings is 1. The van der Waals surface area contributed by atoms with E-state index in [1.165, 1.54) is 21.7 Å². The average molecular weight is 974 g/mol. The van der Waals surface area contributed by atoms with Gasteiger partial charge < -0.3 is 44.0 Å². The van der Waals surface area contributed by atoms with E-state index in [4.69, 9.17) is 35.3 Å². The number of H-pyrrole nitrogens is 1. The number of aromatic nitrogens is 4. The smallest absolute Gasteiger partial charge is 0.416 e. The lowest BCUT2D eigenvalue weighted by Crippen LogP contribution is -2.52. The number of carbonyl (C=O) groups excluding carboxylic acids is 4. The first-order valence-corrected chi connectivity index (χ1v) is 22.5. The van der Waals surface area contributed by atoms with Crippen molar-refractivity contribution in [2.45, 2.75) is 44.4 Å². The van der Waals surface area contributed by atoms with E-state index in [0.29, 0.717) is 108 Å². The van der Waals surface area contributed by atoms with Gasteiger partial charge in [0.2, 0.25) is 23.6 Å². The number of benzene rings is 4. The number of halogens is 4. The van der Waals surface area contributed by atoms with E-state index in [-0.39, 0.29) is 68.7 Å². The van der Waals surface area contributed by atoms with Crippen molar-refractivity contribution in [3.63, 3.8) is 0 Å². The number of rotatable bonds is 22. The number of imide groups is 1. The van der Waals surface area contributed by atoms with E-state index in [2.05, 4.69) is 25.7 Å². The fourth-order valence-corrected chi connectivity index (χ4v) is 8.03. The SMILES string of the molecule is O=C(COc1cccc2c1CN(C1CCC(=O)NC1=O)C2=O)NCCOCCOCCOCCOc1ccc(CCc2c(-c3ccc(C(F)(F)F)cc3)nn(-c3nc4cc(Cl)ccc4[nH]3)c2O)cc1. The lowest BCUT2D eigenvalue weighted by atomic mass is 10.00. The summed E-state index contributed by atoms with van der Waals surface area (Å²) in [6.07, 6.45) is -3.32. The Morgan fingerprint density at radius 2 is 1.59 bits per heavy atom. The standard InChI is InChI=1S/C48H47ClF3N7O10/c49-32-11-15-37-38(26-32)55-47(54-37)59-46(64)35(43(57-59)30-7-9-31(10-8-30)48(50,51)52)14-6-29-4-12-33(13-5-29)68-25-24-67-23-22-66-21-20-65-19-18-53-42(61)28-69-40-3-1-2-34-36(40)27-58(45(34)63)39-16-17-41(60)56-44(39)62/h1-5,7-13,15,26,39,64H,6,14,16-25,27-28H2,(H,53,61)(H,54,55)(H,56,60,62). The molecule has 0 saturated carbocycles. The highest BCUT2D eigenvalue weighted by atomic mass is 35.5. The molecule has 2 aromatic heterocycles. The highest BCUT2D eigenvalue weighted by molar-refractivity contribution is 6.31. The van der Waals surface area contributed by atoms with Gasteiger partial charge in [0, 0.05) is 40.2 Å². The van der Waals surface area contributed by atoms with E-state index in [1.807, 2.05) is 24.3 Å². The molecule has 0 bridgehead atoms. The van der Waals surface area contributed by atoms with Crippen LogP contribution in [0.5, 0.6) is 17.4 Å². The van der Waals surface area contributed by atoms with Crippen molar-refractivity contribution in [2.24, 2.45) is 0 Å². The van der Waals surface area contributed by atoms with Crippen LogP contribution >= 0.6 is 11.6 Å². The number of fused-ring (bicyclic) bond motifs is 2. The van der Waals surface area contributed by atoms with Crippen LogP contribution in [0.3, 0.4) is 0 Å². The number of hydrogen-bond acceptors (Lipinski definition) is 12. The molecule has 362 valence electrons. The summed E-state index contributed by atoms with van der Waals surface area (Å²) in [7, 11) is 0. The number of carbonyl (C=O) groups is 4. The van der Waals surface area contributed by atoms with Gasteiger partial charge in [0.25, 0.3) is 11.8 Å². The monoisotopic (exact) mass is 973 g/mol. The number of nitrogens with one attached hydrogen (secondary N) is 3. The molecule has 4 aromatic carbocycles. The fourth-order valence-electron chi connectivity index (χ4n) is 7.87. The van der Waals surface area contributed by atoms with Gasteiger partial charge in [0.1, 0.15) is 29.8 Å². The Labute approximate surface area is 397 Å². The lowest BCUT2D eigenvalue weighted by molar-refractivity contribution is -0.138. The van der Waals surface area contributed by atoms with E-state index in [0.717, 1.165) is 17.7 Å². The van der Waals surface area contributed by atoms with Gasteiger partial charge in [-0.15, -0.1) is 0 Å². The van der Waals surface area contributed by atoms with Crippen LogP contribution in [0.2, 0.25) is 5.02 Å². The largest absolute Gasteiger partial charge is 0.493 e. The first-order chi connectivity index (χ1) is 33.3. The number of hydrogen-bond donors (Lipinski definition) is 4. The number of aromatic hydroxyl groups is 1. The van der Waals surface area contributed by atoms with Crippen LogP contribution in [0.15, 0.2) is 84.9 Å². The molecule has 6 aromatic rings. The van der Waals surface area contributed by atoms with Crippen molar-refractivity contribution in [1.29, 1.82) is 0 Å². The number of aromatic amines is 1. The van der Waals surface area contributed by atoms with E-state index in [9.17, 15) is 37.5 Å². The van der Waals surface area contributed by atoms with Crippen molar-refractivity contribution in [3.05, 3.63) is 118 Å². The minimum Gasteiger partial charge on any atom is -0.493 e. The summed E-state index contributed by atoms with van der Waals surface area (Å²) in [4.78, 5) is 58.4. The molecule has 0 radical (unpaired) electrons. The minimum atomic E-state index is -4.50. The second-order valence-corrected chi connectivity index (χ2v) is 16.4. The van der Waals surface area contributed by atoms with Gasteiger partial charge in [-0.2, -0.15) is 23.0 Å². The van der Waals surface area contributed by atoms with Gasteiger partial charge in [-0.05, 0) is 79.4 Å². The molecule has 8 rings (SSSR count). The predicted molar refractivity (Wildman–Crippen MR) is 243 cm³/mol. The summed E-state index contributed by atoms with van der Waals surface area (Å²) < 4.78 is 69.5. The Balaban J connectivity index is 0.693. The molecular weight excluding hydrogens is 927 g/mol. The molecule has 1 atom stereocenters. The number of amides is 4. The van der Waals surface area contributed by atoms with Crippen molar-refractivity contribution in [1.82, 2.24) is 35.3 Å². The molecule has 2 aliphatic heterocycles. The maximum Gasteiger partial charge on any atom is 0.416 e. The highest BCUT2D eigenvalue weighted by Gasteiger charge is 2.40. The third kappa shape index (κ3) is 12.0. The Morgan fingerprint density at radius 1 is 0.870 bits per heavy atom. The molecule has 4 heterocycles. The topological polar surface area (TPSA) is 208 Å². The van der Waals surface area contributed by atoms with Crippen LogP contribution in [-0.4, -0.2) is 119 Å². The summed E-state index contributed by atoms with van der Waals surface area (Å²) in [5.74, 6) is -0.556. The summed E-state index contributed by atoms with van der Waals surface area (Å²) >= 11 is 6.14. The van der Waals surface area contributed by atoms with Crippen LogP contribution in [0.4, 0.5) is 13.2 Å². The predicted octanol–water partition coefficient (Wildman–Crippen LogP) is 5.96. The van der Waals surface area contributed by atoms with Crippen molar-refractivity contribution >= 4 is 46.3 Å². The molecule has 1 saturated heterocycles. The lowest BCUT2D eigenvalue weighted by Gasteiger charge is -2.29. The summed E-state index contributed by atoms with van der Waals surface area (Å²) in [6, 6.07) is 21.3. The maximum atomic E-state index is 13.3. The van der Waals surface area contributed by atoms with Gasteiger partial charge in [0.05, 0.1) is 62.8 Å². The third-order valence-electron chi connectivity index (χ3n) is 11.4. The van der Waals surface area contributed by atoms with Crippen molar-refractivity contribution in [3.8, 4) is 34.6 Å². The number of aryl methyl sites for hydroxylation is 1. The highest BCUT2D eigenvalue weighted by Crippen LogP contribution is 2.37.